The lowest BCUT2D eigenvalue weighted by Gasteiger charge is -2.13. The summed E-state index contributed by atoms with van der Waals surface area (Å²) in [6.45, 7) is 0. The number of anilines is 1. The number of nitro benzene ring substituents is 1. The number of nitrogens with one attached hydrogen (secondary N) is 2. The number of benzene rings is 3. The molecule has 3 rings (SSSR count). The third-order valence-corrected chi connectivity index (χ3v) is 5.08. The number of carbonyl (C=O) groups is 2. The topological polar surface area (TPSA) is 111 Å². The number of nitrogens with zero attached hydrogens (tertiary/aromatic N) is 1. The van der Waals surface area contributed by atoms with E-state index in [1.54, 1.807) is 6.07 Å². The summed E-state index contributed by atoms with van der Waals surface area (Å²) >= 11 is 12.1. The van der Waals surface area contributed by atoms with Gasteiger partial charge in [-0.3, -0.25) is 19.7 Å². The van der Waals surface area contributed by atoms with Crippen molar-refractivity contribution in [3.8, 4) is 5.75 Å². The van der Waals surface area contributed by atoms with Gasteiger partial charge in [0.15, 0.2) is 0 Å². The quantitative estimate of drug-likeness (QED) is 0.252. The lowest BCUT2D eigenvalue weighted by molar-refractivity contribution is -0.384. The number of non-ortho nitro benzene ring substituents is 1. The van der Waals surface area contributed by atoms with E-state index in [9.17, 15) is 24.1 Å². The average molecular weight is 504 g/mol. The van der Waals surface area contributed by atoms with Crippen LogP contribution in [0.2, 0.25) is 10.0 Å². The fourth-order valence-electron chi connectivity index (χ4n) is 2.86. The standard InChI is InChI=1S/C23H16Cl2FN3O5/c1-34-21-8-6-15(12-19(21)25)27-23(31)20(10-13-3-2-4-16(9-13)29(32)33)28-22(30)17-7-5-14(26)11-18(17)24/h2-12H,1H3,(H,27,31)(H,28,30). The van der Waals surface area contributed by atoms with Crippen molar-refractivity contribution >= 4 is 52.5 Å². The first kappa shape index (κ1) is 24.7. The number of methoxy groups -OCH3 is 1. The van der Waals surface area contributed by atoms with Crippen LogP contribution in [0.25, 0.3) is 6.08 Å². The van der Waals surface area contributed by atoms with Crippen molar-refractivity contribution in [2.45, 2.75) is 0 Å². The molecule has 0 bridgehead atoms. The summed E-state index contributed by atoms with van der Waals surface area (Å²) in [5.41, 5.74) is 0.0434. The highest BCUT2D eigenvalue weighted by molar-refractivity contribution is 6.34. The lowest BCUT2D eigenvalue weighted by atomic mass is 10.1. The number of halogens is 3. The Bertz CT molecular complexity index is 1310. The lowest BCUT2D eigenvalue weighted by Crippen LogP contribution is -2.31. The number of amides is 2. The Kier molecular flexibility index (Phi) is 7.83. The van der Waals surface area contributed by atoms with Gasteiger partial charge in [0.2, 0.25) is 0 Å². The SMILES string of the molecule is COc1ccc(NC(=O)C(=Cc2cccc([N+](=O)[O-])c2)NC(=O)c2ccc(F)cc2Cl)cc1Cl. The second-order valence-electron chi connectivity index (χ2n) is 6.79. The summed E-state index contributed by atoms with van der Waals surface area (Å²) in [5, 5.41) is 16.2. The molecule has 3 aromatic rings. The molecule has 0 atom stereocenters. The van der Waals surface area contributed by atoms with Crippen molar-refractivity contribution in [2.75, 3.05) is 12.4 Å². The summed E-state index contributed by atoms with van der Waals surface area (Å²) in [6, 6.07) is 13.2. The van der Waals surface area contributed by atoms with E-state index in [1.807, 2.05) is 0 Å². The van der Waals surface area contributed by atoms with Gasteiger partial charge in [-0.05, 0) is 48.0 Å². The summed E-state index contributed by atoms with van der Waals surface area (Å²) < 4.78 is 18.4. The predicted octanol–water partition coefficient (Wildman–Crippen LogP) is 5.46. The van der Waals surface area contributed by atoms with Crippen molar-refractivity contribution in [1.82, 2.24) is 5.32 Å². The van der Waals surface area contributed by atoms with Crippen LogP contribution >= 0.6 is 23.2 Å². The van der Waals surface area contributed by atoms with Crippen LogP contribution in [-0.4, -0.2) is 23.8 Å². The molecule has 0 aliphatic heterocycles. The van der Waals surface area contributed by atoms with Crippen LogP contribution in [-0.2, 0) is 4.79 Å². The van der Waals surface area contributed by atoms with E-state index in [-0.39, 0.29) is 32.6 Å². The highest BCUT2D eigenvalue weighted by Gasteiger charge is 2.18. The largest absolute Gasteiger partial charge is 0.495 e. The summed E-state index contributed by atoms with van der Waals surface area (Å²) in [5.74, 6) is -1.78. The zero-order valence-corrected chi connectivity index (χ0v) is 19.0. The first-order chi connectivity index (χ1) is 16.2. The van der Waals surface area contributed by atoms with E-state index in [0.29, 0.717) is 11.4 Å². The second-order valence-corrected chi connectivity index (χ2v) is 7.61. The van der Waals surface area contributed by atoms with Gasteiger partial charge in [0.05, 0.1) is 27.6 Å². The van der Waals surface area contributed by atoms with Crippen LogP contribution < -0.4 is 15.4 Å². The van der Waals surface area contributed by atoms with Crippen molar-refractivity contribution < 1.29 is 23.6 Å². The van der Waals surface area contributed by atoms with E-state index < -0.39 is 22.6 Å². The third kappa shape index (κ3) is 6.09. The fraction of sp³-hybridized carbons (Fsp3) is 0.0435. The predicted molar refractivity (Wildman–Crippen MR) is 127 cm³/mol. The second kappa shape index (κ2) is 10.8. The van der Waals surface area contributed by atoms with Gasteiger partial charge in [0, 0.05) is 17.8 Å². The summed E-state index contributed by atoms with van der Waals surface area (Å²) in [7, 11) is 1.44. The Morgan fingerprint density at radius 3 is 2.47 bits per heavy atom. The molecule has 0 saturated carbocycles. The van der Waals surface area contributed by atoms with E-state index in [2.05, 4.69) is 10.6 Å². The Balaban J connectivity index is 1.96. The normalized spacial score (nSPS) is 11.0. The molecule has 3 aromatic carbocycles. The Morgan fingerprint density at radius 2 is 1.82 bits per heavy atom. The maximum absolute atomic E-state index is 13.4. The maximum atomic E-state index is 13.4. The first-order valence-corrected chi connectivity index (χ1v) is 10.3. The molecule has 174 valence electrons. The van der Waals surface area contributed by atoms with E-state index in [4.69, 9.17) is 27.9 Å². The van der Waals surface area contributed by atoms with Gasteiger partial charge in [-0.2, -0.15) is 0 Å². The molecule has 0 fully saturated rings. The van der Waals surface area contributed by atoms with Crippen molar-refractivity contribution in [3.63, 3.8) is 0 Å². The van der Waals surface area contributed by atoms with E-state index >= 15 is 0 Å². The monoisotopic (exact) mass is 503 g/mol. The smallest absolute Gasteiger partial charge is 0.272 e. The molecule has 0 radical (unpaired) electrons. The van der Waals surface area contributed by atoms with Gasteiger partial charge in [-0.1, -0.05) is 35.3 Å². The molecule has 8 nitrogen and oxygen atoms in total. The Labute approximate surface area is 203 Å². The van der Waals surface area contributed by atoms with Gasteiger partial charge < -0.3 is 15.4 Å². The zero-order valence-electron chi connectivity index (χ0n) is 17.5. The maximum Gasteiger partial charge on any atom is 0.272 e. The minimum Gasteiger partial charge on any atom is -0.495 e. The first-order valence-electron chi connectivity index (χ1n) is 9.55. The number of hydrogen-bond acceptors (Lipinski definition) is 5. The van der Waals surface area contributed by atoms with Gasteiger partial charge in [-0.25, -0.2) is 4.39 Å². The number of carbonyl (C=O) groups excluding carboxylic acids is 2. The molecule has 2 N–H and O–H groups in total. The molecule has 34 heavy (non-hydrogen) atoms. The fourth-order valence-corrected chi connectivity index (χ4v) is 3.37. The van der Waals surface area contributed by atoms with Crippen LogP contribution in [0.15, 0.2) is 66.4 Å². The Hall–Kier alpha value is -3.95. The summed E-state index contributed by atoms with van der Waals surface area (Å²) in [4.78, 5) is 36.3. The van der Waals surface area contributed by atoms with Gasteiger partial charge >= 0.3 is 0 Å². The average Bonchev–Trinajstić information content (AvgIpc) is 2.78. The molecule has 0 heterocycles. The minimum absolute atomic E-state index is 0.0756. The molecular weight excluding hydrogens is 488 g/mol. The van der Waals surface area contributed by atoms with E-state index in [1.165, 1.54) is 55.7 Å². The molecule has 2 amide bonds. The molecule has 0 aliphatic rings. The molecule has 0 aromatic heterocycles. The van der Waals surface area contributed by atoms with Crippen molar-refractivity contribution in [3.05, 3.63) is 103 Å². The van der Waals surface area contributed by atoms with Gasteiger partial charge in [0.1, 0.15) is 17.3 Å². The van der Waals surface area contributed by atoms with Crippen LogP contribution in [0, 0.1) is 15.9 Å². The number of rotatable bonds is 7. The Morgan fingerprint density at radius 1 is 1.06 bits per heavy atom. The van der Waals surface area contributed by atoms with E-state index in [0.717, 1.165) is 12.1 Å². The van der Waals surface area contributed by atoms with Crippen LogP contribution in [0.3, 0.4) is 0 Å². The molecule has 0 aliphatic carbocycles. The van der Waals surface area contributed by atoms with Crippen LogP contribution in [0.4, 0.5) is 15.8 Å². The minimum atomic E-state index is -0.787. The highest BCUT2D eigenvalue weighted by atomic mass is 35.5. The van der Waals surface area contributed by atoms with Crippen molar-refractivity contribution in [1.29, 1.82) is 0 Å². The highest BCUT2D eigenvalue weighted by Crippen LogP contribution is 2.27. The molecule has 0 spiro atoms. The molecular formula is C23H16Cl2FN3O5. The summed E-state index contributed by atoms with van der Waals surface area (Å²) in [6.07, 6.45) is 1.25. The zero-order chi connectivity index (χ0) is 24.8. The van der Waals surface area contributed by atoms with Crippen LogP contribution in [0.5, 0.6) is 5.75 Å². The van der Waals surface area contributed by atoms with Gasteiger partial charge in [-0.15, -0.1) is 0 Å². The van der Waals surface area contributed by atoms with Crippen LogP contribution in [0.1, 0.15) is 15.9 Å². The number of ether oxygens (including phenoxy) is 1. The number of hydrogen-bond donors (Lipinski definition) is 2. The molecule has 0 unspecified atom stereocenters. The number of nitro groups is 1. The molecule has 0 saturated heterocycles. The third-order valence-electron chi connectivity index (χ3n) is 4.47. The molecule has 11 heteroatoms. The van der Waals surface area contributed by atoms with Gasteiger partial charge in [0.25, 0.3) is 17.5 Å². The van der Waals surface area contributed by atoms with Crippen molar-refractivity contribution in [2.24, 2.45) is 0 Å².